The molecule has 1 amide bonds. The maximum absolute atomic E-state index is 12.6. The number of amides is 1. The number of carbonyl (C=O) groups is 2. The lowest BCUT2D eigenvalue weighted by molar-refractivity contribution is -0.113. The number of aromatic nitrogens is 4. The summed E-state index contributed by atoms with van der Waals surface area (Å²) in [5.41, 5.74) is 2.79. The third-order valence-corrected chi connectivity index (χ3v) is 5.85. The molecule has 4 aromatic rings. The number of nitrogens with zero attached hydrogens (tertiary/aromatic N) is 4. The smallest absolute Gasteiger partial charge is 0.340 e. The fourth-order valence-corrected chi connectivity index (χ4v) is 4.05. The molecular weight excluding hydrogens is 458 g/mol. The number of hydrogen-bond acceptors (Lipinski definition) is 9. The van der Waals surface area contributed by atoms with E-state index in [1.807, 2.05) is 24.3 Å². The second kappa shape index (κ2) is 9.40. The van der Waals surface area contributed by atoms with Crippen LogP contribution in [-0.4, -0.2) is 50.8 Å². The molecule has 1 aliphatic rings. The van der Waals surface area contributed by atoms with Crippen molar-refractivity contribution >= 4 is 35.0 Å². The van der Waals surface area contributed by atoms with Gasteiger partial charge in [0.15, 0.2) is 17.1 Å². The summed E-state index contributed by atoms with van der Waals surface area (Å²) in [6, 6.07) is 15.9. The molecule has 11 heteroatoms. The number of ether oxygens (including phenoxy) is 3. The van der Waals surface area contributed by atoms with Crippen LogP contribution >= 0.6 is 11.8 Å². The van der Waals surface area contributed by atoms with Crippen molar-refractivity contribution in [2.75, 3.05) is 24.5 Å². The van der Waals surface area contributed by atoms with Crippen molar-refractivity contribution in [3.8, 4) is 22.8 Å². The predicted octanol–water partition coefficient (Wildman–Crippen LogP) is 3.43. The number of hydrogen-bond donors (Lipinski definition) is 1. The Balaban J connectivity index is 1.31. The first-order valence-corrected chi connectivity index (χ1v) is 11.4. The zero-order valence-electron chi connectivity index (χ0n) is 18.1. The quantitative estimate of drug-likeness (QED) is 0.316. The molecule has 0 saturated carbocycles. The van der Waals surface area contributed by atoms with Crippen LogP contribution in [-0.2, 0) is 9.53 Å². The van der Waals surface area contributed by atoms with Gasteiger partial charge in [-0.15, -0.1) is 10.2 Å². The Morgan fingerprint density at radius 2 is 1.94 bits per heavy atom. The molecule has 172 valence electrons. The Labute approximate surface area is 198 Å². The van der Waals surface area contributed by atoms with Crippen LogP contribution in [0.15, 0.2) is 59.8 Å². The van der Waals surface area contributed by atoms with Crippen LogP contribution in [0.2, 0.25) is 0 Å². The lowest BCUT2D eigenvalue weighted by Crippen LogP contribution is -2.17. The van der Waals surface area contributed by atoms with E-state index in [4.69, 9.17) is 14.2 Å². The number of fused-ring (bicyclic) bond motifs is 2. The minimum absolute atomic E-state index is 0.0495. The third-order valence-electron chi connectivity index (χ3n) is 4.93. The summed E-state index contributed by atoms with van der Waals surface area (Å²) < 4.78 is 17.4. The lowest BCUT2D eigenvalue weighted by Gasteiger charge is -2.10. The van der Waals surface area contributed by atoms with Gasteiger partial charge >= 0.3 is 5.97 Å². The van der Waals surface area contributed by atoms with E-state index < -0.39 is 5.97 Å². The van der Waals surface area contributed by atoms with Gasteiger partial charge in [0.2, 0.25) is 17.9 Å². The van der Waals surface area contributed by atoms with Gasteiger partial charge in [0.25, 0.3) is 0 Å². The van der Waals surface area contributed by atoms with E-state index in [-0.39, 0.29) is 25.1 Å². The van der Waals surface area contributed by atoms with E-state index in [0.29, 0.717) is 39.2 Å². The highest BCUT2D eigenvalue weighted by Crippen LogP contribution is 2.35. The minimum Gasteiger partial charge on any atom is -0.462 e. The van der Waals surface area contributed by atoms with Crippen LogP contribution in [0.4, 0.5) is 5.69 Å². The van der Waals surface area contributed by atoms with E-state index in [1.54, 1.807) is 41.8 Å². The van der Waals surface area contributed by atoms with Gasteiger partial charge < -0.3 is 19.5 Å². The topological polar surface area (TPSA) is 117 Å². The average Bonchev–Trinajstić information content (AvgIpc) is 3.49. The Bertz CT molecular complexity index is 1390. The zero-order chi connectivity index (χ0) is 23.5. The van der Waals surface area contributed by atoms with Crippen LogP contribution in [0.3, 0.4) is 0 Å². The van der Waals surface area contributed by atoms with E-state index in [9.17, 15) is 9.59 Å². The molecule has 5 rings (SSSR count). The standard InChI is InChI=1S/C23H19N5O5S/c1-2-31-22(30)15-5-3-4-6-17(15)24-21(29)12-34-23-26-25-20-10-8-16(27-28(20)23)14-7-9-18-19(11-14)33-13-32-18/h3-11H,2,12-13H2,1H3,(H,24,29). The molecule has 0 saturated heterocycles. The average molecular weight is 478 g/mol. The molecule has 2 aromatic carbocycles. The highest BCUT2D eigenvalue weighted by molar-refractivity contribution is 7.99. The van der Waals surface area contributed by atoms with Gasteiger partial charge in [0.05, 0.1) is 29.3 Å². The number of anilines is 1. The summed E-state index contributed by atoms with van der Waals surface area (Å²) in [4.78, 5) is 24.7. The fourth-order valence-electron chi connectivity index (χ4n) is 3.36. The molecule has 1 N–H and O–H groups in total. The van der Waals surface area contributed by atoms with Crippen LogP contribution in [0.25, 0.3) is 16.9 Å². The molecule has 1 aliphatic heterocycles. The summed E-state index contributed by atoms with van der Waals surface area (Å²) in [5.74, 6) is 0.618. The zero-order valence-corrected chi connectivity index (χ0v) is 18.9. The highest BCUT2D eigenvalue weighted by Gasteiger charge is 2.17. The normalized spacial score (nSPS) is 12.0. The number of rotatable bonds is 7. The Morgan fingerprint density at radius 3 is 2.82 bits per heavy atom. The summed E-state index contributed by atoms with van der Waals surface area (Å²) in [7, 11) is 0. The van der Waals surface area contributed by atoms with Gasteiger partial charge in [-0.3, -0.25) is 4.79 Å². The molecule has 34 heavy (non-hydrogen) atoms. The summed E-state index contributed by atoms with van der Waals surface area (Å²) in [5, 5.41) is 16.1. The van der Waals surface area contributed by atoms with Crippen molar-refractivity contribution in [2.24, 2.45) is 0 Å². The fraction of sp³-hybridized carbons (Fsp3) is 0.174. The molecule has 3 heterocycles. The second-order valence-corrected chi connectivity index (χ2v) is 8.08. The molecular formula is C23H19N5O5S. The highest BCUT2D eigenvalue weighted by atomic mass is 32.2. The van der Waals surface area contributed by atoms with Crippen LogP contribution < -0.4 is 14.8 Å². The van der Waals surface area contributed by atoms with Crippen molar-refractivity contribution in [1.82, 2.24) is 19.8 Å². The van der Waals surface area contributed by atoms with Crippen molar-refractivity contribution in [2.45, 2.75) is 12.1 Å². The monoisotopic (exact) mass is 477 g/mol. The number of benzene rings is 2. The van der Waals surface area contributed by atoms with Crippen molar-refractivity contribution < 1.29 is 23.8 Å². The maximum Gasteiger partial charge on any atom is 0.340 e. The first kappa shape index (κ1) is 21.7. The van der Waals surface area contributed by atoms with Crippen molar-refractivity contribution in [3.05, 3.63) is 60.2 Å². The van der Waals surface area contributed by atoms with E-state index in [0.717, 1.165) is 5.56 Å². The molecule has 0 unspecified atom stereocenters. The Hall–Kier alpha value is -4.12. The largest absolute Gasteiger partial charge is 0.462 e. The summed E-state index contributed by atoms with van der Waals surface area (Å²) in [6.45, 7) is 2.17. The lowest BCUT2D eigenvalue weighted by atomic mass is 10.1. The Kier molecular flexibility index (Phi) is 6.00. The van der Waals surface area contributed by atoms with Gasteiger partial charge in [-0.05, 0) is 49.4 Å². The molecule has 10 nitrogen and oxygen atoms in total. The van der Waals surface area contributed by atoms with Crippen LogP contribution in [0, 0.1) is 0 Å². The third kappa shape index (κ3) is 4.37. The number of para-hydroxylation sites is 1. The number of carbonyl (C=O) groups excluding carboxylic acids is 2. The molecule has 0 atom stereocenters. The van der Waals surface area contributed by atoms with Gasteiger partial charge in [-0.2, -0.15) is 9.61 Å². The first-order chi connectivity index (χ1) is 16.6. The van der Waals surface area contributed by atoms with Gasteiger partial charge in [-0.25, -0.2) is 4.79 Å². The number of thioether (sulfide) groups is 1. The maximum atomic E-state index is 12.6. The number of nitrogens with one attached hydrogen (secondary N) is 1. The molecule has 0 radical (unpaired) electrons. The van der Waals surface area contributed by atoms with Crippen molar-refractivity contribution in [1.29, 1.82) is 0 Å². The summed E-state index contributed by atoms with van der Waals surface area (Å²) in [6.07, 6.45) is 0. The van der Waals surface area contributed by atoms with Crippen LogP contribution in [0.1, 0.15) is 17.3 Å². The van der Waals surface area contributed by atoms with Crippen molar-refractivity contribution in [3.63, 3.8) is 0 Å². The van der Waals surface area contributed by atoms with E-state index >= 15 is 0 Å². The molecule has 0 fully saturated rings. The molecule has 0 aliphatic carbocycles. The molecule has 0 spiro atoms. The van der Waals surface area contributed by atoms with Crippen LogP contribution in [0.5, 0.6) is 11.5 Å². The minimum atomic E-state index is -0.491. The first-order valence-electron chi connectivity index (χ1n) is 10.4. The summed E-state index contributed by atoms with van der Waals surface area (Å²) >= 11 is 1.19. The van der Waals surface area contributed by atoms with Gasteiger partial charge in [-0.1, -0.05) is 23.9 Å². The van der Waals surface area contributed by atoms with Gasteiger partial charge in [0.1, 0.15) is 0 Å². The Morgan fingerprint density at radius 1 is 1.09 bits per heavy atom. The van der Waals surface area contributed by atoms with E-state index in [2.05, 4.69) is 20.6 Å². The second-order valence-electron chi connectivity index (χ2n) is 7.14. The predicted molar refractivity (Wildman–Crippen MR) is 124 cm³/mol. The molecule has 2 aromatic heterocycles. The number of esters is 1. The van der Waals surface area contributed by atoms with E-state index in [1.165, 1.54) is 11.8 Å². The van der Waals surface area contributed by atoms with Gasteiger partial charge in [0, 0.05) is 5.56 Å². The SMILES string of the molecule is CCOC(=O)c1ccccc1NC(=O)CSc1nnc2ccc(-c3ccc4c(c3)OCO4)nn12. The molecule has 0 bridgehead atoms.